The number of morpholine rings is 1. The maximum Gasteiger partial charge on any atom is 0.270 e. The van der Waals surface area contributed by atoms with E-state index in [1.165, 1.54) is 19.5 Å². The third kappa shape index (κ3) is 2.95. The average molecular weight is 356 g/mol. The van der Waals surface area contributed by atoms with Crippen molar-refractivity contribution in [2.75, 3.05) is 50.8 Å². The summed E-state index contributed by atoms with van der Waals surface area (Å²) in [5.74, 6) is 0.639. The molecule has 3 aliphatic rings. The van der Waals surface area contributed by atoms with Crippen LogP contribution in [0.3, 0.4) is 0 Å². The van der Waals surface area contributed by atoms with Crippen LogP contribution in [0, 0.1) is 5.92 Å². The number of fused-ring (bicyclic) bond motifs is 3. The smallest absolute Gasteiger partial charge is 0.270 e. The lowest BCUT2D eigenvalue weighted by atomic mass is 9.97. The Morgan fingerprint density at radius 2 is 2.12 bits per heavy atom. The van der Waals surface area contributed by atoms with Gasteiger partial charge in [0.1, 0.15) is 12.0 Å². The highest BCUT2D eigenvalue weighted by Crippen LogP contribution is 2.30. The molecule has 7 nitrogen and oxygen atoms in total. The van der Waals surface area contributed by atoms with Crippen molar-refractivity contribution >= 4 is 22.6 Å². The molecule has 3 saturated heterocycles. The molecular weight excluding hydrogens is 332 g/mol. The Bertz CT molecular complexity index is 802. The number of piperidine rings is 1. The van der Waals surface area contributed by atoms with Gasteiger partial charge in [0.15, 0.2) is 5.58 Å². The van der Waals surface area contributed by atoms with E-state index in [0.717, 1.165) is 43.0 Å². The molecule has 2 bridgehead atoms. The number of furan rings is 1. The number of pyridine rings is 1. The second-order valence-corrected chi connectivity index (χ2v) is 7.61. The molecule has 5 rings (SSSR count). The molecule has 0 aromatic carbocycles. The zero-order valence-corrected chi connectivity index (χ0v) is 14.8. The Morgan fingerprint density at radius 3 is 2.96 bits per heavy atom. The third-order valence-corrected chi connectivity index (χ3v) is 5.83. The molecule has 2 aromatic heterocycles. The van der Waals surface area contributed by atoms with Gasteiger partial charge < -0.3 is 24.3 Å². The SMILES string of the molecule is O=C(N[C@@H]1C[C@@H]2CCN(C2)C1)c1cc2c(N3CCOCC3)coc2cn1. The van der Waals surface area contributed by atoms with Gasteiger partial charge in [-0.2, -0.15) is 0 Å². The van der Waals surface area contributed by atoms with Crippen molar-refractivity contribution in [2.45, 2.75) is 18.9 Å². The molecule has 0 aliphatic carbocycles. The largest absolute Gasteiger partial charge is 0.460 e. The normalized spacial score (nSPS) is 28.5. The van der Waals surface area contributed by atoms with Crippen LogP contribution >= 0.6 is 0 Å². The second-order valence-electron chi connectivity index (χ2n) is 7.61. The van der Waals surface area contributed by atoms with Crippen LogP contribution in [0.1, 0.15) is 23.3 Å². The van der Waals surface area contributed by atoms with Crippen LogP contribution in [0.5, 0.6) is 0 Å². The van der Waals surface area contributed by atoms with Gasteiger partial charge in [-0.3, -0.25) is 4.79 Å². The van der Waals surface area contributed by atoms with E-state index in [2.05, 4.69) is 20.1 Å². The molecule has 1 unspecified atom stereocenters. The summed E-state index contributed by atoms with van der Waals surface area (Å²) in [7, 11) is 0. The van der Waals surface area contributed by atoms with Crippen LogP contribution < -0.4 is 10.2 Å². The van der Waals surface area contributed by atoms with E-state index in [1.807, 2.05) is 6.07 Å². The number of hydrogen-bond acceptors (Lipinski definition) is 6. The van der Waals surface area contributed by atoms with Crippen LogP contribution in [-0.2, 0) is 4.74 Å². The first-order valence-electron chi connectivity index (χ1n) is 9.49. The number of carbonyl (C=O) groups excluding carboxylic acids is 1. The Balaban J connectivity index is 1.35. The lowest BCUT2D eigenvalue weighted by Gasteiger charge is -2.30. The molecule has 0 radical (unpaired) electrons. The van der Waals surface area contributed by atoms with Crippen LogP contribution in [0.25, 0.3) is 11.0 Å². The zero-order chi connectivity index (χ0) is 17.5. The molecule has 26 heavy (non-hydrogen) atoms. The molecule has 5 heterocycles. The lowest BCUT2D eigenvalue weighted by molar-refractivity contribution is 0.0904. The minimum atomic E-state index is -0.0893. The van der Waals surface area contributed by atoms with Crippen molar-refractivity contribution in [2.24, 2.45) is 5.92 Å². The summed E-state index contributed by atoms with van der Waals surface area (Å²) in [5, 5.41) is 4.13. The number of amides is 1. The molecule has 0 spiro atoms. The Kier molecular flexibility index (Phi) is 4.05. The molecule has 3 aliphatic heterocycles. The highest BCUT2D eigenvalue weighted by molar-refractivity contribution is 5.99. The van der Waals surface area contributed by atoms with Crippen molar-refractivity contribution in [3.8, 4) is 0 Å². The third-order valence-electron chi connectivity index (χ3n) is 5.83. The van der Waals surface area contributed by atoms with Crippen molar-refractivity contribution < 1.29 is 13.9 Å². The number of aromatic nitrogens is 1. The monoisotopic (exact) mass is 356 g/mol. The topological polar surface area (TPSA) is 70.8 Å². The highest BCUT2D eigenvalue weighted by atomic mass is 16.5. The fourth-order valence-electron chi connectivity index (χ4n) is 4.52. The van der Waals surface area contributed by atoms with Gasteiger partial charge in [-0.05, 0) is 31.4 Å². The van der Waals surface area contributed by atoms with Crippen LogP contribution in [0.15, 0.2) is 22.9 Å². The Hall–Kier alpha value is -2.12. The molecule has 3 atom stereocenters. The number of anilines is 1. The summed E-state index contributed by atoms with van der Waals surface area (Å²) >= 11 is 0. The zero-order valence-electron chi connectivity index (χ0n) is 14.8. The molecule has 3 fully saturated rings. The van der Waals surface area contributed by atoms with Crippen molar-refractivity contribution in [3.05, 3.63) is 24.2 Å². The van der Waals surface area contributed by atoms with Gasteiger partial charge in [0.2, 0.25) is 0 Å². The number of rotatable bonds is 3. The summed E-state index contributed by atoms with van der Waals surface area (Å²) in [5.41, 5.74) is 2.19. The summed E-state index contributed by atoms with van der Waals surface area (Å²) in [6.45, 7) is 6.40. The summed E-state index contributed by atoms with van der Waals surface area (Å²) in [6, 6.07) is 2.08. The molecule has 1 N–H and O–H groups in total. The molecule has 2 aromatic rings. The maximum absolute atomic E-state index is 12.7. The summed E-state index contributed by atoms with van der Waals surface area (Å²) in [6.07, 6.45) is 5.75. The molecular formula is C19H24N4O3. The van der Waals surface area contributed by atoms with E-state index < -0.39 is 0 Å². The first-order valence-corrected chi connectivity index (χ1v) is 9.49. The molecule has 138 valence electrons. The summed E-state index contributed by atoms with van der Waals surface area (Å²) in [4.78, 5) is 21.8. The van der Waals surface area contributed by atoms with Crippen molar-refractivity contribution in [1.82, 2.24) is 15.2 Å². The predicted molar refractivity (Wildman–Crippen MR) is 97.5 cm³/mol. The quantitative estimate of drug-likeness (QED) is 0.898. The minimum absolute atomic E-state index is 0.0893. The number of nitrogens with zero attached hydrogens (tertiary/aromatic N) is 3. The Morgan fingerprint density at radius 1 is 1.23 bits per heavy atom. The second kappa shape index (κ2) is 6.55. The highest BCUT2D eigenvalue weighted by Gasteiger charge is 2.33. The van der Waals surface area contributed by atoms with E-state index in [9.17, 15) is 4.79 Å². The molecule has 0 saturated carbocycles. The fourth-order valence-corrected chi connectivity index (χ4v) is 4.52. The van der Waals surface area contributed by atoms with Gasteiger partial charge in [0.05, 0.1) is 25.1 Å². The van der Waals surface area contributed by atoms with Gasteiger partial charge in [-0.25, -0.2) is 4.98 Å². The van der Waals surface area contributed by atoms with E-state index in [4.69, 9.17) is 9.15 Å². The molecule has 1 amide bonds. The predicted octanol–water partition coefficient (Wildman–Crippen LogP) is 1.49. The van der Waals surface area contributed by atoms with Crippen molar-refractivity contribution in [3.63, 3.8) is 0 Å². The van der Waals surface area contributed by atoms with E-state index in [1.54, 1.807) is 12.5 Å². The average Bonchev–Trinajstić information content (AvgIpc) is 3.24. The van der Waals surface area contributed by atoms with Crippen LogP contribution in [0.2, 0.25) is 0 Å². The van der Waals surface area contributed by atoms with Crippen LogP contribution in [0.4, 0.5) is 5.69 Å². The van der Waals surface area contributed by atoms with Crippen LogP contribution in [-0.4, -0.2) is 67.8 Å². The standard InChI is InChI=1S/C19H24N4O3/c24-19(21-14-7-13-1-2-22(10-13)11-14)16-8-15-17(12-26-18(15)9-20-16)23-3-5-25-6-4-23/h8-9,12-14H,1-7,10-11H2,(H,21,24)/t13-,14+/m0/s1. The molecule has 7 heteroatoms. The first kappa shape index (κ1) is 16.1. The number of ether oxygens (including phenoxy) is 1. The fraction of sp³-hybridized carbons (Fsp3) is 0.579. The van der Waals surface area contributed by atoms with Gasteiger partial charge in [0.25, 0.3) is 5.91 Å². The van der Waals surface area contributed by atoms with Gasteiger partial charge in [0, 0.05) is 37.6 Å². The van der Waals surface area contributed by atoms with Gasteiger partial charge in [-0.1, -0.05) is 0 Å². The summed E-state index contributed by atoms with van der Waals surface area (Å²) < 4.78 is 11.1. The first-order chi connectivity index (χ1) is 12.8. The number of nitrogens with one attached hydrogen (secondary N) is 1. The Labute approximate surface area is 152 Å². The van der Waals surface area contributed by atoms with Gasteiger partial charge >= 0.3 is 0 Å². The van der Waals surface area contributed by atoms with E-state index in [-0.39, 0.29) is 11.9 Å². The van der Waals surface area contributed by atoms with E-state index in [0.29, 0.717) is 24.5 Å². The van der Waals surface area contributed by atoms with Gasteiger partial charge in [-0.15, -0.1) is 0 Å². The van der Waals surface area contributed by atoms with E-state index >= 15 is 0 Å². The number of hydrogen-bond donors (Lipinski definition) is 1. The lowest BCUT2D eigenvalue weighted by Crippen LogP contribution is -2.47. The van der Waals surface area contributed by atoms with Crippen molar-refractivity contribution in [1.29, 1.82) is 0 Å². The number of carbonyl (C=O) groups is 1. The maximum atomic E-state index is 12.7. The minimum Gasteiger partial charge on any atom is -0.460 e.